The SMILES string of the molecule is COc1ccc(S(=O)(=O)N(C)CCc2cccs2)c(OC)c1. The van der Waals surface area contributed by atoms with Gasteiger partial charge >= 0.3 is 0 Å². The standard InChI is InChI=1S/C15H19NO4S2/c1-16(9-8-13-5-4-10-21-13)22(17,18)15-7-6-12(19-2)11-14(15)20-3/h4-7,10-11H,8-9H2,1-3H3. The van der Waals surface area contributed by atoms with Crippen molar-refractivity contribution in [2.75, 3.05) is 27.8 Å². The summed E-state index contributed by atoms with van der Waals surface area (Å²) in [5.41, 5.74) is 0. The average Bonchev–Trinajstić information content (AvgIpc) is 3.05. The molecule has 7 heteroatoms. The van der Waals surface area contributed by atoms with Gasteiger partial charge in [0.2, 0.25) is 10.0 Å². The molecule has 22 heavy (non-hydrogen) atoms. The number of hydrogen-bond donors (Lipinski definition) is 0. The van der Waals surface area contributed by atoms with Crippen LogP contribution in [0, 0.1) is 0 Å². The van der Waals surface area contributed by atoms with Crippen LogP contribution in [0.1, 0.15) is 4.88 Å². The van der Waals surface area contributed by atoms with E-state index in [1.54, 1.807) is 30.5 Å². The quantitative estimate of drug-likeness (QED) is 0.777. The third-order valence-corrected chi connectivity index (χ3v) is 6.14. The van der Waals surface area contributed by atoms with E-state index in [4.69, 9.17) is 9.47 Å². The number of nitrogens with zero attached hydrogens (tertiary/aromatic N) is 1. The third kappa shape index (κ3) is 3.60. The summed E-state index contributed by atoms with van der Waals surface area (Å²) in [6.45, 7) is 0.415. The van der Waals surface area contributed by atoms with Crippen molar-refractivity contribution in [3.05, 3.63) is 40.6 Å². The number of likely N-dealkylation sites (N-methyl/N-ethyl adjacent to an activating group) is 1. The molecule has 0 amide bonds. The van der Waals surface area contributed by atoms with E-state index in [1.165, 1.54) is 24.6 Å². The molecule has 2 rings (SSSR count). The lowest BCUT2D eigenvalue weighted by molar-refractivity contribution is 0.383. The smallest absolute Gasteiger partial charge is 0.246 e. The van der Waals surface area contributed by atoms with E-state index >= 15 is 0 Å². The Morgan fingerprint density at radius 3 is 2.55 bits per heavy atom. The maximum Gasteiger partial charge on any atom is 0.246 e. The van der Waals surface area contributed by atoms with Gasteiger partial charge < -0.3 is 9.47 Å². The van der Waals surface area contributed by atoms with Gasteiger partial charge in [0.15, 0.2) is 0 Å². The fourth-order valence-corrected chi connectivity index (χ4v) is 4.00. The summed E-state index contributed by atoms with van der Waals surface area (Å²) in [7, 11) is 0.941. The minimum Gasteiger partial charge on any atom is -0.497 e. The lowest BCUT2D eigenvalue weighted by Gasteiger charge is -2.19. The minimum atomic E-state index is -3.60. The van der Waals surface area contributed by atoms with Gasteiger partial charge in [-0.3, -0.25) is 0 Å². The molecule has 0 aliphatic rings. The predicted molar refractivity (Wildman–Crippen MR) is 87.4 cm³/mol. The number of hydrogen-bond acceptors (Lipinski definition) is 5. The molecule has 0 aliphatic carbocycles. The summed E-state index contributed by atoms with van der Waals surface area (Å²) in [6, 6.07) is 8.65. The molecule has 0 radical (unpaired) electrons. The summed E-state index contributed by atoms with van der Waals surface area (Å²) < 4.78 is 37.0. The fraction of sp³-hybridized carbons (Fsp3) is 0.333. The molecule has 0 aliphatic heterocycles. The molecule has 120 valence electrons. The number of methoxy groups -OCH3 is 2. The van der Waals surface area contributed by atoms with Crippen molar-refractivity contribution in [3.8, 4) is 11.5 Å². The Hall–Kier alpha value is -1.57. The molecular formula is C15H19NO4S2. The fourth-order valence-electron chi connectivity index (χ4n) is 2.00. The van der Waals surface area contributed by atoms with Crippen LogP contribution in [0.5, 0.6) is 11.5 Å². The van der Waals surface area contributed by atoms with Crippen molar-refractivity contribution < 1.29 is 17.9 Å². The largest absolute Gasteiger partial charge is 0.497 e. The first-order valence-corrected chi connectivity index (χ1v) is 9.01. The van der Waals surface area contributed by atoms with Crippen LogP contribution in [0.25, 0.3) is 0 Å². The number of ether oxygens (including phenoxy) is 2. The summed E-state index contributed by atoms with van der Waals surface area (Å²) in [5, 5.41) is 1.98. The van der Waals surface area contributed by atoms with E-state index in [9.17, 15) is 8.42 Å². The monoisotopic (exact) mass is 341 g/mol. The van der Waals surface area contributed by atoms with Gasteiger partial charge in [-0.15, -0.1) is 11.3 Å². The molecule has 5 nitrogen and oxygen atoms in total. The maximum atomic E-state index is 12.7. The van der Waals surface area contributed by atoms with Gasteiger partial charge in [-0.2, -0.15) is 0 Å². The number of sulfonamides is 1. The highest BCUT2D eigenvalue weighted by molar-refractivity contribution is 7.89. The summed E-state index contributed by atoms with van der Waals surface area (Å²) >= 11 is 1.62. The van der Waals surface area contributed by atoms with E-state index in [0.29, 0.717) is 18.7 Å². The second-order valence-electron chi connectivity index (χ2n) is 4.67. The molecular weight excluding hydrogens is 322 g/mol. The van der Waals surface area contributed by atoms with Crippen LogP contribution in [-0.4, -0.2) is 40.5 Å². The van der Waals surface area contributed by atoms with Crippen molar-refractivity contribution in [2.24, 2.45) is 0 Å². The first-order chi connectivity index (χ1) is 10.5. The van der Waals surface area contributed by atoms with Crippen molar-refractivity contribution in [3.63, 3.8) is 0 Å². The summed E-state index contributed by atoms with van der Waals surface area (Å²) in [4.78, 5) is 1.30. The molecule has 0 saturated carbocycles. The summed E-state index contributed by atoms with van der Waals surface area (Å²) in [6.07, 6.45) is 0.686. The molecule has 0 unspecified atom stereocenters. The number of thiophene rings is 1. The van der Waals surface area contributed by atoms with Crippen LogP contribution in [0.4, 0.5) is 0 Å². The van der Waals surface area contributed by atoms with Crippen LogP contribution >= 0.6 is 11.3 Å². The molecule has 1 aromatic heterocycles. The lowest BCUT2D eigenvalue weighted by atomic mass is 10.3. The van der Waals surface area contributed by atoms with E-state index in [2.05, 4.69) is 0 Å². The molecule has 1 aromatic carbocycles. The molecule has 0 N–H and O–H groups in total. The first-order valence-electron chi connectivity index (χ1n) is 6.69. The Bertz CT molecular complexity index is 711. The van der Waals surface area contributed by atoms with E-state index < -0.39 is 10.0 Å². The maximum absolute atomic E-state index is 12.7. The van der Waals surface area contributed by atoms with E-state index in [0.717, 1.165) is 4.88 Å². The Balaban J connectivity index is 2.21. The van der Waals surface area contributed by atoms with Gasteiger partial charge in [-0.25, -0.2) is 12.7 Å². The van der Waals surface area contributed by atoms with E-state index in [1.807, 2.05) is 17.5 Å². The van der Waals surface area contributed by atoms with E-state index in [-0.39, 0.29) is 10.6 Å². The number of rotatable bonds is 7. The molecule has 2 aromatic rings. The summed E-state index contributed by atoms with van der Waals surface area (Å²) in [5.74, 6) is 0.833. The predicted octanol–water partition coefficient (Wildman–Crippen LogP) is 2.63. The minimum absolute atomic E-state index is 0.143. The second kappa shape index (κ2) is 7.13. The Kier molecular flexibility index (Phi) is 5.44. The molecule has 0 fully saturated rings. The average molecular weight is 341 g/mol. The van der Waals surface area contributed by atoms with Crippen LogP contribution < -0.4 is 9.47 Å². The van der Waals surface area contributed by atoms with Gasteiger partial charge in [-0.1, -0.05) is 6.07 Å². The zero-order chi connectivity index (χ0) is 16.2. The first kappa shape index (κ1) is 16.8. The molecule has 0 saturated heterocycles. The van der Waals surface area contributed by atoms with Gasteiger partial charge in [0, 0.05) is 24.5 Å². The highest BCUT2D eigenvalue weighted by Crippen LogP contribution is 2.30. The van der Waals surface area contributed by atoms with Crippen molar-refractivity contribution in [1.29, 1.82) is 0 Å². The zero-order valence-electron chi connectivity index (χ0n) is 12.8. The van der Waals surface area contributed by atoms with Gasteiger partial charge in [-0.05, 0) is 30.0 Å². The van der Waals surface area contributed by atoms with Gasteiger partial charge in [0.05, 0.1) is 14.2 Å². The highest BCUT2D eigenvalue weighted by Gasteiger charge is 2.25. The highest BCUT2D eigenvalue weighted by atomic mass is 32.2. The topological polar surface area (TPSA) is 55.8 Å². The lowest BCUT2D eigenvalue weighted by Crippen LogP contribution is -2.29. The molecule has 1 heterocycles. The van der Waals surface area contributed by atoms with Gasteiger partial charge in [0.1, 0.15) is 16.4 Å². The Morgan fingerprint density at radius 2 is 1.95 bits per heavy atom. The Labute approximate surface area is 135 Å². The van der Waals surface area contributed by atoms with Crippen LogP contribution in [0.15, 0.2) is 40.6 Å². The normalized spacial score (nSPS) is 11.6. The van der Waals surface area contributed by atoms with Crippen molar-refractivity contribution in [1.82, 2.24) is 4.31 Å². The molecule has 0 bridgehead atoms. The molecule has 0 atom stereocenters. The number of benzene rings is 1. The Morgan fingerprint density at radius 1 is 1.18 bits per heavy atom. The van der Waals surface area contributed by atoms with Crippen LogP contribution in [0.3, 0.4) is 0 Å². The van der Waals surface area contributed by atoms with Crippen LogP contribution in [-0.2, 0) is 16.4 Å². The van der Waals surface area contributed by atoms with Crippen molar-refractivity contribution in [2.45, 2.75) is 11.3 Å². The van der Waals surface area contributed by atoms with Gasteiger partial charge in [0.25, 0.3) is 0 Å². The second-order valence-corrected chi connectivity index (χ2v) is 7.72. The van der Waals surface area contributed by atoms with Crippen LogP contribution in [0.2, 0.25) is 0 Å². The molecule has 0 spiro atoms. The third-order valence-electron chi connectivity index (χ3n) is 3.31. The van der Waals surface area contributed by atoms with Crippen molar-refractivity contribution >= 4 is 21.4 Å². The zero-order valence-corrected chi connectivity index (χ0v) is 14.4.